The number of thioether (sulfide) groups is 1. The van der Waals surface area contributed by atoms with E-state index in [1.165, 1.54) is 11.8 Å². The molecule has 6 nitrogen and oxygen atoms in total. The molecule has 1 amide bonds. The minimum Gasteiger partial charge on any atom is -0.493 e. The van der Waals surface area contributed by atoms with E-state index in [1.54, 1.807) is 26.5 Å². The molecule has 1 unspecified atom stereocenters. The van der Waals surface area contributed by atoms with E-state index >= 15 is 0 Å². The predicted octanol–water partition coefficient (Wildman–Crippen LogP) is 3.12. The van der Waals surface area contributed by atoms with Gasteiger partial charge < -0.3 is 9.47 Å². The van der Waals surface area contributed by atoms with Crippen LogP contribution in [-0.2, 0) is 4.79 Å². The molecular formula is C18H21N3O3S. The number of hydrogen-bond donors (Lipinski definition) is 1. The Morgan fingerprint density at radius 1 is 1.20 bits per heavy atom. The Labute approximate surface area is 151 Å². The summed E-state index contributed by atoms with van der Waals surface area (Å²) in [4.78, 5) is 16.4. The van der Waals surface area contributed by atoms with Crippen LogP contribution < -0.4 is 14.9 Å². The highest BCUT2D eigenvalue weighted by molar-refractivity contribution is 8.00. The van der Waals surface area contributed by atoms with Gasteiger partial charge in [0.2, 0.25) is 0 Å². The molecule has 1 atom stereocenters. The molecule has 1 aromatic heterocycles. The summed E-state index contributed by atoms with van der Waals surface area (Å²) >= 11 is 1.38. The molecule has 132 valence electrons. The molecule has 0 aliphatic heterocycles. The van der Waals surface area contributed by atoms with E-state index in [1.807, 2.05) is 44.2 Å². The van der Waals surface area contributed by atoms with Gasteiger partial charge in [-0.2, -0.15) is 5.10 Å². The SMILES string of the molecule is COc1ccc(/C(C)=N/NC(=O)C(C)Sc2ccccn2)cc1OC. The maximum Gasteiger partial charge on any atom is 0.253 e. The van der Waals surface area contributed by atoms with Crippen LogP contribution in [-0.4, -0.2) is 36.1 Å². The van der Waals surface area contributed by atoms with E-state index in [4.69, 9.17) is 9.47 Å². The Morgan fingerprint density at radius 3 is 2.60 bits per heavy atom. The third kappa shape index (κ3) is 5.22. The monoisotopic (exact) mass is 359 g/mol. The summed E-state index contributed by atoms with van der Waals surface area (Å²) in [6.07, 6.45) is 1.70. The van der Waals surface area contributed by atoms with Gasteiger partial charge in [-0.25, -0.2) is 10.4 Å². The third-order valence-electron chi connectivity index (χ3n) is 3.44. The number of benzene rings is 1. The summed E-state index contributed by atoms with van der Waals surface area (Å²) in [6.45, 7) is 3.63. The van der Waals surface area contributed by atoms with Gasteiger partial charge in [0.05, 0.1) is 30.2 Å². The molecule has 25 heavy (non-hydrogen) atoms. The Kier molecular flexibility index (Phi) is 6.82. The van der Waals surface area contributed by atoms with Crippen molar-refractivity contribution in [1.29, 1.82) is 0 Å². The van der Waals surface area contributed by atoms with Crippen molar-refractivity contribution in [2.75, 3.05) is 14.2 Å². The van der Waals surface area contributed by atoms with E-state index in [0.29, 0.717) is 17.2 Å². The number of rotatable bonds is 7. The summed E-state index contributed by atoms with van der Waals surface area (Å²) in [5.41, 5.74) is 4.10. The van der Waals surface area contributed by atoms with E-state index in [2.05, 4.69) is 15.5 Å². The zero-order valence-electron chi connectivity index (χ0n) is 14.6. The highest BCUT2D eigenvalue weighted by Gasteiger charge is 2.14. The summed E-state index contributed by atoms with van der Waals surface area (Å²) in [7, 11) is 3.16. The van der Waals surface area contributed by atoms with E-state index in [9.17, 15) is 4.79 Å². The molecule has 0 fully saturated rings. The lowest BCUT2D eigenvalue weighted by molar-refractivity contribution is -0.120. The first-order valence-corrected chi connectivity index (χ1v) is 8.57. The summed E-state index contributed by atoms with van der Waals surface area (Å²) in [5.74, 6) is 1.07. The smallest absolute Gasteiger partial charge is 0.253 e. The average molecular weight is 359 g/mol. The number of carbonyl (C=O) groups excluding carboxylic acids is 1. The Morgan fingerprint density at radius 2 is 1.96 bits per heavy atom. The van der Waals surface area contributed by atoms with Gasteiger partial charge in [0.1, 0.15) is 0 Å². The second-order valence-corrected chi connectivity index (χ2v) is 6.53. The lowest BCUT2D eigenvalue weighted by atomic mass is 10.1. The lowest BCUT2D eigenvalue weighted by Crippen LogP contribution is -2.27. The molecule has 1 heterocycles. The van der Waals surface area contributed by atoms with Crippen LogP contribution >= 0.6 is 11.8 Å². The third-order valence-corrected chi connectivity index (χ3v) is 4.49. The first-order valence-electron chi connectivity index (χ1n) is 7.69. The molecule has 7 heteroatoms. The fraction of sp³-hybridized carbons (Fsp3) is 0.278. The van der Waals surface area contributed by atoms with Crippen molar-refractivity contribution in [1.82, 2.24) is 10.4 Å². The fourth-order valence-electron chi connectivity index (χ4n) is 2.01. The van der Waals surface area contributed by atoms with Gasteiger partial charge in [-0.3, -0.25) is 4.79 Å². The van der Waals surface area contributed by atoms with Crippen molar-refractivity contribution in [3.8, 4) is 11.5 Å². The van der Waals surface area contributed by atoms with Gasteiger partial charge in [0.25, 0.3) is 5.91 Å². The Bertz CT molecular complexity index is 750. The Balaban J connectivity index is 2.01. The standard InChI is InChI=1S/C18H21N3O3S/c1-12(14-8-9-15(23-3)16(11-14)24-4)20-21-18(22)13(2)25-17-7-5-6-10-19-17/h5-11,13H,1-4H3,(H,21,22)/b20-12+. The maximum atomic E-state index is 12.2. The van der Waals surface area contributed by atoms with Crippen LogP contribution in [0.3, 0.4) is 0 Å². The van der Waals surface area contributed by atoms with E-state index < -0.39 is 0 Å². The van der Waals surface area contributed by atoms with Gasteiger partial charge in [0, 0.05) is 11.8 Å². The van der Waals surface area contributed by atoms with Crippen LogP contribution in [0.1, 0.15) is 19.4 Å². The normalized spacial score (nSPS) is 12.4. The number of methoxy groups -OCH3 is 2. The average Bonchev–Trinajstić information content (AvgIpc) is 2.65. The summed E-state index contributed by atoms with van der Waals surface area (Å²) in [6, 6.07) is 11.1. The van der Waals surface area contributed by atoms with E-state index in [-0.39, 0.29) is 11.2 Å². The molecule has 1 aromatic carbocycles. The topological polar surface area (TPSA) is 72.8 Å². The van der Waals surface area contributed by atoms with Crippen molar-refractivity contribution < 1.29 is 14.3 Å². The first-order chi connectivity index (χ1) is 12.0. The van der Waals surface area contributed by atoms with Crippen molar-refractivity contribution in [3.63, 3.8) is 0 Å². The van der Waals surface area contributed by atoms with Crippen molar-refractivity contribution in [3.05, 3.63) is 48.2 Å². The van der Waals surface area contributed by atoms with Crippen LogP contribution in [0.25, 0.3) is 0 Å². The van der Waals surface area contributed by atoms with Gasteiger partial charge in [0.15, 0.2) is 11.5 Å². The molecule has 2 rings (SSSR count). The molecule has 0 saturated heterocycles. The lowest BCUT2D eigenvalue weighted by Gasteiger charge is -2.11. The fourth-order valence-corrected chi connectivity index (χ4v) is 2.81. The molecule has 1 N–H and O–H groups in total. The predicted molar refractivity (Wildman–Crippen MR) is 99.5 cm³/mol. The molecule has 0 spiro atoms. The van der Waals surface area contributed by atoms with Crippen LogP contribution in [0, 0.1) is 0 Å². The number of amides is 1. The highest BCUT2D eigenvalue weighted by Crippen LogP contribution is 2.27. The number of aromatic nitrogens is 1. The van der Waals surface area contributed by atoms with E-state index in [0.717, 1.165) is 10.6 Å². The number of nitrogens with one attached hydrogen (secondary N) is 1. The molecule has 0 aliphatic rings. The number of ether oxygens (including phenoxy) is 2. The molecule has 0 radical (unpaired) electrons. The minimum atomic E-state index is -0.308. The summed E-state index contributed by atoms with van der Waals surface area (Å²) < 4.78 is 10.5. The molecular weight excluding hydrogens is 338 g/mol. The van der Waals surface area contributed by atoms with Crippen molar-refractivity contribution >= 4 is 23.4 Å². The van der Waals surface area contributed by atoms with Crippen molar-refractivity contribution in [2.24, 2.45) is 5.10 Å². The van der Waals surface area contributed by atoms with Gasteiger partial charge >= 0.3 is 0 Å². The number of nitrogens with zero attached hydrogens (tertiary/aromatic N) is 2. The highest BCUT2D eigenvalue weighted by atomic mass is 32.2. The first kappa shape index (κ1) is 18.8. The quantitative estimate of drug-likeness (QED) is 0.467. The maximum absolute atomic E-state index is 12.2. The largest absolute Gasteiger partial charge is 0.493 e. The molecule has 0 aliphatic carbocycles. The molecule has 2 aromatic rings. The number of carbonyl (C=O) groups is 1. The molecule has 0 saturated carbocycles. The summed E-state index contributed by atoms with van der Waals surface area (Å²) in [5, 5.41) is 4.66. The van der Waals surface area contributed by atoms with Gasteiger partial charge in [-0.1, -0.05) is 17.8 Å². The second kappa shape index (κ2) is 9.08. The van der Waals surface area contributed by atoms with Crippen LogP contribution in [0.5, 0.6) is 11.5 Å². The number of hydrogen-bond acceptors (Lipinski definition) is 6. The van der Waals surface area contributed by atoms with Crippen LogP contribution in [0.15, 0.2) is 52.7 Å². The zero-order valence-corrected chi connectivity index (χ0v) is 15.5. The van der Waals surface area contributed by atoms with Crippen LogP contribution in [0.4, 0.5) is 0 Å². The van der Waals surface area contributed by atoms with Crippen molar-refractivity contribution in [2.45, 2.75) is 24.1 Å². The second-order valence-electron chi connectivity index (χ2n) is 5.17. The minimum absolute atomic E-state index is 0.185. The molecule has 0 bridgehead atoms. The zero-order chi connectivity index (χ0) is 18.2. The number of hydrazone groups is 1. The van der Waals surface area contributed by atoms with Gasteiger partial charge in [-0.05, 0) is 44.2 Å². The number of pyridine rings is 1. The van der Waals surface area contributed by atoms with Crippen LogP contribution in [0.2, 0.25) is 0 Å². The van der Waals surface area contributed by atoms with Gasteiger partial charge in [-0.15, -0.1) is 0 Å². The Hall–Kier alpha value is -2.54.